The van der Waals surface area contributed by atoms with Gasteiger partial charge >= 0.3 is 0 Å². The summed E-state index contributed by atoms with van der Waals surface area (Å²) in [4.78, 5) is 14.5. The van der Waals surface area contributed by atoms with Gasteiger partial charge < -0.3 is 10.6 Å². The molecule has 2 N–H and O–H groups in total. The van der Waals surface area contributed by atoms with E-state index in [-0.39, 0.29) is 11.9 Å². The second kappa shape index (κ2) is 5.53. The van der Waals surface area contributed by atoms with E-state index in [1.807, 2.05) is 30.9 Å². The van der Waals surface area contributed by atoms with Crippen LogP contribution in [0.4, 0.5) is 0 Å². The lowest BCUT2D eigenvalue weighted by molar-refractivity contribution is 0.0622. The minimum Gasteiger partial charge on any atom is -0.334 e. The highest BCUT2D eigenvalue weighted by atomic mass is 16.2. The van der Waals surface area contributed by atoms with Crippen molar-refractivity contribution in [1.29, 1.82) is 0 Å². The van der Waals surface area contributed by atoms with Crippen LogP contribution in [0.25, 0.3) is 0 Å². The van der Waals surface area contributed by atoms with Gasteiger partial charge in [0.2, 0.25) is 0 Å². The number of nitrogens with two attached hydrogens (primary N) is 1. The number of carbonyl (C=O) groups excluding carboxylic acids is 1. The zero-order valence-corrected chi connectivity index (χ0v) is 11.3. The molecule has 1 atom stereocenters. The summed E-state index contributed by atoms with van der Waals surface area (Å²) in [7, 11) is 0. The third-order valence-electron chi connectivity index (χ3n) is 3.77. The van der Waals surface area contributed by atoms with Crippen LogP contribution in [0.5, 0.6) is 0 Å². The summed E-state index contributed by atoms with van der Waals surface area (Å²) in [6, 6.07) is 6.22. The van der Waals surface area contributed by atoms with Gasteiger partial charge in [-0.15, -0.1) is 0 Å². The van der Waals surface area contributed by atoms with Crippen molar-refractivity contribution in [3.8, 4) is 0 Å². The topological polar surface area (TPSA) is 46.3 Å². The second-order valence-electron chi connectivity index (χ2n) is 5.20. The lowest BCUT2D eigenvalue weighted by atomic mass is 9.99. The molecule has 0 saturated carbocycles. The highest BCUT2D eigenvalue weighted by molar-refractivity contribution is 5.96. The van der Waals surface area contributed by atoms with E-state index in [9.17, 15) is 4.79 Å². The molecule has 3 nitrogen and oxygen atoms in total. The average molecular weight is 246 g/mol. The fourth-order valence-corrected chi connectivity index (χ4v) is 2.72. The van der Waals surface area contributed by atoms with Crippen LogP contribution in [-0.2, 0) is 0 Å². The van der Waals surface area contributed by atoms with Crippen molar-refractivity contribution in [1.82, 2.24) is 4.90 Å². The Morgan fingerprint density at radius 1 is 1.39 bits per heavy atom. The maximum absolute atomic E-state index is 12.6. The van der Waals surface area contributed by atoms with Gasteiger partial charge in [0.1, 0.15) is 0 Å². The first-order chi connectivity index (χ1) is 8.63. The zero-order chi connectivity index (χ0) is 13.1. The van der Waals surface area contributed by atoms with E-state index in [0.717, 1.165) is 30.5 Å². The van der Waals surface area contributed by atoms with Gasteiger partial charge in [-0.05, 0) is 44.7 Å². The van der Waals surface area contributed by atoms with Crippen molar-refractivity contribution in [2.24, 2.45) is 5.73 Å². The molecule has 1 aliphatic heterocycles. The number of benzene rings is 1. The quantitative estimate of drug-likeness (QED) is 0.870. The molecule has 1 amide bonds. The van der Waals surface area contributed by atoms with Crippen LogP contribution in [0.3, 0.4) is 0 Å². The second-order valence-corrected chi connectivity index (χ2v) is 5.20. The molecular weight excluding hydrogens is 224 g/mol. The SMILES string of the molecule is Cc1ccc(C(=O)N2CCCC[C@H]2CN)c(C)c1. The Labute approximate surface area is 109 Å². The Morgan fingerprint density at radius 2 is 2.17 bits per heavy atom. The van der Waals surface area contributed by atoms with E-state index >= 15 is 0 Å². The van der Waals surface area contributed by atoms with Crippen molar-refractivity contribution in [2.45, 2.75) is 39.2 Å². The van der Waals surface area contributed by atoms with E-state index in [4.69, 9.17) is 5.73 Å². The largest absolute Gasteiger partial charge is 0.334 e. The summed E-state index contributed by atoms with van der Waals surface area (Å²) in [6.07, 6.45) is 3.30. The fourth-order valence-electron chi connectivity index (χ4n) is 2.72. The third-order valence-corrected chi connectivity index (χ3v) is 3.77. The van der Waals surface area contributed by atoms with Crippen LogP contribution in [0.2, 0.25) is 0 Å². The van der Waals surface area contributed by atoms with Crippen LogP contribution in [-0.4, -0.2) is 29.9 Å². The smallest absolute Gasteiger partial charge is 0.254 e. The highest BCUT2D eigenvalue weighted by Gasteiger charge is 2.26. The minimum absolute atomic E-state index is 0.141. The molecule has 0 spiro atoms. The van der Waals surface area contributed by atoms with E-state index in [1.54, 1.807) is 0 Å². The first-order valence-corrected chi connectivity index (χ1v) is 6.71. The molecule has 0 aliphatic carbocycles. The van der Waals surface area contributed by atoms with Crippen molar-refractivity contribution in [3.05, 3.63) is 34.9 Å². The Morgan fingerprint density at radius 3 is 2.83 bits per heavy atom. The van der Waals surface area contributed by atoms with Gasteiger partial charge in [-0.3, -0.25) is 4.79 Å². The molecule has 1 aromatic rings. The first kappa shape index (κ1) is 13.1. The van der Waals surface area contributed by atoms with Gasteiger partial charge in [0, 0.05) is 24.7 Å². The van der Waals surface area contributed by atoms with Crippen molar-refractivity contribution in [2.75, 3.05) is 13.1 Å². The number of rotatable bonds is 2. The standard InChI is InChI=1S/C15H22N2O/c1-11-6-7-14(12(2)9-11)15(18)17-8-4-3-5-13(17)10-16/h6-7,9,13H,3-5,8,10,16H2,1-2H3/t13-/m0/s1. The van der Waals surface area contributed by atoms with E-state index < -0.39 is 0 Å². The minimum atomic E-state index is 0.141. The molecule has 3 heteroatoms. The molecule has 1 heterocycles. The molecule has 2 rings (SSSR count). The third kappa shape index (κ3) is 2.56. The van der Waals surface area contributed by atoms with Crippen molar-refractivity contribution < 1.29 is 4.79 Å². The molecule has 0 aromatic heterocycles. The van der Waals surface area contributed by atoms with Crippen LogP contribution in [0.15, 0.2) is 18.2 Å². The molecule has 98 valence electrons. The molecule has 1 saturated heterocycles. The first-order valence-electron chi connectivity index (χ1n) is 6.71. The number of amides is 1. The summed E-state index contributed by atoms with van der Waals surface area (Å²) < 4.78 is 0. The van der Waals surface area contributed by atoms with E-state index in [2.05, 4.69) is 6.07 Å². The monoisotopic (exact) mass is 246 g/mol. The molecule has 0 bridgehead atoms. The summed E-state index contributed by atoms with van der Waals surface area (Å²) in [5.74, 6) is 0.141. The predicted octanol–water partition coefficient (Wildman–Crippen LogP) is 2.26. The zero-order valence-electron chi connectivity index (χ0n) is 11.3. The van der Waals surface area contributed by atoms with E-state index in [0.29, 0.717) is 6.54 Å². The van der Waals surface area contributed by atoms with Gasteiger partial charge in [-0.1, -0.05) is 17.7 Å². The molecule has 0 radical (unpaired) electrons. The molecular formula is C15H22N2O. The number of nitrogens with zero attached hydrogens (tertiary/aromatic N) is 1. The number of aryl methyl sites for hydroxylation is 2. The van der Waals surface area contributed by atoms with Gasteiger partial charge in [-0.25, -0.2) is 0 Å². The van der Waals surface area contributed by atoms with Crippen molar-refractivity contribution in [3.63, 3.8) is 0 Å². The van der Waals surface area contributed by atoms with Gasteiger partial charge in [0.25, 0.3) is 5.91 Å². The predicted molar refractivity (Wildman–Crippen MR) is 73.6 cm³/mol. The van der Waals surface area contributed by atoms with Gasteiger partial charge in [0.05, 0.1) is 0 Å². The number of hydrogen-bond acceptors (Lipinski definition) is 2. The normalized spacial score (nSPS) is 19.9. The number of piperidine rings is 1. The number of likely N-dealkylation sites (tertiary alicyclic amines) is 1. The lowest BCUT2D eigenvalue weighted by Crippen LogP contribution is -2.47. The van der Waals surface area contributed by atoms with Crippen LogP contribution in [0.1, 0.15) is 40.7 Å². The fraction of sp³-hybridized carbons (Fsp3) is 0.533. The highest BCUT2D eigenvalue weighted by Crippen LogP contribution is 2.21. The molecule has 18 heavy (non-hydrogen) atoms. The Hall–Kier alpha value is -1.35. The molecule has 0 unspecified atom stereocenters. The maximum Gasteiger partial charge on any atom is 0.254 e. The average Bonchev–Trinajstić information content (AvgIpc) is 2.38. The van der Waals surface area contributed by atoms with Gasteiger partial charge in [0.15, 0.2) is 0 Å². The van der Waals surface area contributed by atoms with Crippen molar-refractivity contribution >= 4 is 5.91 Å². The summed E-state index contributed by atoms with van der Waals surface area (Å²) in [6.45, 7) is 5.46. The molecule has 1 aromatic carbocycles. The van der Waals surface area contributed by atoms with Crippen LogP contribution >= 0.6 is 0 Å². The summed E-state index contributed by atoms with van der Waals surface area (Å²) in [5.41, 5.74) is 8.85. The maximum atomic E-state index is 12.6. The molecule has 1 aliphatic rings. The van der Waals surface area contributed by atoms with Crippen LogP contribution in [0, 0.1) is 13.8 Å². The van der Waals surface area contributed by atoms with Gasteiger partial charge in [-0.2, -0.15) is 0 Å². The van der Waals surface area contributed by atoms with Crippen LogP contribution < -0.4 is 5.73 Å². The summed E-state index contributed by atoms with van der Waals surface area (Å²) >= 11 is 0. The van der Waals surface area contributed by atoms with E-state index in [1.165, 1.54) is 12.0 Å². The number of hydrogen-bond donors (Lipinski definition) is 1. The Balaban J connectivity index is 2.24. The Bertz CT molecular complexity index is 442. The molecule has 1 fully saturated rings. The summed E-state index contributed by atoms with van der Waals surface area (Å²) in [5, 5.41) is 0. The Kier molecular flexibility index (Phi) is 4.02. The number of carbonyl (C=O) groups is 1. The lowest BCUT2D eigenvalue weighted by Gasteiger charge is -2.35.